The van der Waals surface area contributed by atoms with Crippen molar-refractivity contribution in [3.63, 3.8) is 0 Å². The second-order valence-electron chi connectivity index (χ2n) is 12.4. The smallest absolute Gasteiger partial charge is 0.433 e. The zero-order valence-corrected chi connectivity index (χ0v) is 30.5. The number of hydrogen-bond donors (Lipinski definition) is 0. The highest BCUT2D eigenvalue weighted by Crippen LogP contribution is 2.41. The summed E-state index contributed by atoms with van der Waals surface area (Å²) in [6.45, 7) is -0.713. The first-order valence-corrected chi connectivity index (χ1v) is 18.0. The van der Waals surface area contributed by atoms with E-state index in [2.05, 4.69) is 5.10 Å². The maximum atomic E-state index is 16.3. The first kappa shape index (κ1) is 38.0. The van der Waals surface area contributed by atoms with Gasteiger partial charge in [-0.15, -0.1) is 5.10 Å². The third-order valence-electron chi connectivity index (χ3n) is 8.72. The minimum absolute atomic E-state index is 0.101. The molecule has 2 aliphatic rings. The molecule has 1 aliphatic carbocycles. The number of nitrogens with zero attached hydrogens (tertiary/aromatic N) is 2. The van der Waals surface area contributed by atoms with Crippen molar-refractivity contribution in [2.75, 3.05) is 13.7 Å². The van der Waals surface area contributed by atoms with Crippen molar-refractivity contribution in [3.8, 4) is 11.6 Å². The largest absolute Gasteiger partial charge is 0.497 e. The highest BCUT2D eigenvalue weighted by molar-refractivity contribution is 14.1. The molecule has 1 aromatic heterocycles. The topological polar surface area (TPSA) is 98.1 Å². The third-order valence-corrected chi connectivity index (χ3v) is 10.0. The molecule has 1 fully saturated rings. The van der Waals surface area contributed by atoms with Gasteiger partial charge in [0.2, 0.25) is 12.2 Å². The molecular formula is C39H35F4IN2O7. The van der Waals surface area contributed by atoms with Crippen molar-refractivity contribution in [1.29, 1.82) is 0 Å². The maximum Gasteiger partial charge on any atom is 0.433 e. The van der Waals surface area contributed by atoms with Gasteiger partial charge in [-0.1, -0.05) is 95.4 Å². The fourth-order valence-electron chi connectivity index (χ4n) is 6.03. The summed E-state index contributed by atoms with van der Waals surface area (Å²) in [5.41, 5.74) is -0.391. The van der Waals surface area contributed by atoms with Crippen molar-refractivity contribution in [2.24, 2.45) is 5.92 Å². The van der Waals surface area contributed by atoms with Crippen LogP contribution in [0, 0.1) is 5.92 Å². The van der Waals surface area contributed by atoms with Crippen LogP contribution in [0.4, 0.5) is 17.6 Å². The lowest BCUT2D eigenvalue weighted by molar-refractivity contribution is -0.207. The molecule has 2 unspecified atom stereocenters. The van der Waals surface area contributed by atoms with E-state index < -0.39 is 59.0 Å². The van der Waals surface area contributed by atoms with E-state index >= 15 is 4.39 Å². The molecular weight excluding hydrogens is 811 g/mol. The highest BCUT2D eigenvalue weighted by atomic mass is 127. The van der Waals surface area contributed by atoms with E-state index in [0.717, 1.165) is 4.68 Å². The van der Waals surface area contributed by atoms with Crippen LogP contribution in [0.5, 0.6) is 11.6 Å². The van der Waals surface area contributed by atoms with Crippen LogP contribution < -0.4 is 9.47 Å². The first-order chi connectivity index (χ1) is 25.5. The molecule has 14 heteroatoms. The number of carbonyl (C=O) groups excluding carboxylic acids is 2. The van der Waals surface area contributed by atoms with Gasteiger partial charge in [0, 0.05) is 18.9 Å². The average molecular weight is 847 g/mol. The Kier molecular flexibility index (Phi) is 12.2. The summed E-state index contributed by atoms with van der Waals surface area (Å²) >= 11 is 1.79. The zero-order chi connectivity index (χ0) is 37.5. The molecule has 1 aliphatic heterocycles. The Morgan fingerprint density at radius 3 is 2.21 bits per heavy atom. The summed E-state index contributed by atoms with van der Waals surface area (Å²) in [7, 11) is 1.48. The molecule has 4 aromatic rings. The number of halogens is 5. The predicted molar refractivity (Wildman–Crippen MR) is 194 cm³/mol. The summed E-state index contributed by atoms with van der Waals surface area (Å²) in [6.07, 6.45) is -3.85. The molecule has 0 saturated carbocycles. The standard InChI is InChI=1S/C39H35F4IN2O7/c1-49-28-19-17-24(18-20-28)21-29-34(39(41,42)43)46(22-25-11-5-2-6-12-25)45-35(29)53-38-32(44)33(52-37(48)27-15-9-4-10-16-27)31(40)30(51-38)23-50-36(47)26-13-7-3-8-14-26/h2-11,13-20,25,30-33,38H,12,21-23H2,1H3/t25?,30-,31-,32?,33+,38+/m1/s1. The van der Waals surface area contributed by atoms with E-state index in [1.807, 2.05) is 18.2 Å². The number of ether oxygens (including phenoxy) is 5. The summed E-state index contributed by atoms with van der Waals surface area (Å²) in [4.78, 5) is 25.9. The van der Waals surface area contributed by atoms with Gasteiger partial charge in [-0.3, -0.25) is 4.68 Å². The number of alkyl halides is 5. The summed E-state index contributed by atoms with van der Waals surface area (Å²) in [5, 5.41) is 4.34. The molecule has 0 radical (unpaired) electrons. The number of hydrogen-bond acceptors (Lipinski definition) is 8. The van der Waals surface area contributed by atoms with Gasteiger partial charge in [0.05, 0.1) is 23.8 Å². The Hall–Kier alpha value is -4.70. The van der Waals surface area contributed by atoms with E-state index in [4.69, 9.17) is 23.7 Å². The monoisotopic (exact) mass is 846 g/mol. The lowest BCUT2D eigenvalue weighted by Crippen LogP contribution is -2.58. The van der Waals surface area contributed by atoms with E-state index in [-0.39, 0.29) is 41.5 Å². The number of carbonyl (C=O) groups is 2. The molecule has 3 aromatic carbocycles. The highest BCUT2D eigenvalue weighted by Gasteiger charge is 2.50. The van der Waals surface area contributed by atoms with Crippen LogP contribution in [0.25, 0.3) is 0 Å². The zero-order valence-electron chi connectivity index (χ0n) is 28.3. The van der Waals surface area contributed by atoms with Crippen LogP contribution in [0.1, 0.15) is 44.0 Å². The molecule has 9 nitrogen and oxygen atoms in total. The van der Waals surface area contributed by atoms with E-state index in [9.17, 15) is 22.8 Å². The Bertz CT molecular complexity index is 1920. The van der Waals surface area contributed by atoms with Crippen LogP contribution in [0.2, 0.25) is 0 Å². The molecule has 6 rings (SSSR count). The second kappa shape index (κ2) is 17.0. The lowest BCUT2D eigenvalue weighted by atomic mass is 10.0. The molecule has 1 saturated heterocycles. The number of allylic oxidation sites excluding steroid dienone is 4. The molecule has 2 heterocycles. The van der Waals surface area contributed by atoms with Crippen LogP contribution in [0.15, 0.2) is 109 Å². The Morgan fingerprint density at radius 2 is 1.60 bits per heavy atom. The number of benzene rings is 3. The van der Waals surface area contributed by atoms with Gasteiger partial charge < -0.3 is 23.7 Å². The summed E-state index contributed by atoms with van der Waals surface area (Å²) in [5.74, 6) is -1.73. The van der Waals surface area contributed by atoms with E-state index in [1.165, 1.54) is 31.4 Å². The van der Waals surface area contributed by atoms with Crippen molar-refractivity contribution in [3.05, 3.63) is 137 Å². The summed E-state index contributed by atoms with van der Waals surface area (Å²) < 4.78 is 89.5. The van der Waals surface area contributed by atoms with Gasteiger partial charge in [-0.05, 0) is 48.4 Å². The second-order valence-corrected chi connectivity index (χ2v) is 13.8. The van der Waals surface area contributed by atoms with Crippen LogP contribution in [0.3, 0.4) is 0 Å². The fourth-order valence-corrected chi connectivity index (χ4v) is 6.89. The van der Waals surface area contributed by atoms with Gasteiger partial charge in [-0.25, -0.2) is 14.0 Å². The Balaban J connectivity index is 1.35. The summed E-state index contributed by atoms with van der Waals surface area (Å²) in [6, 6.07) is 22.5. The lowest BCUT2D eigenvalue weighted by Gasteiger charge is -2.40. The SMILES string of the molecule is COc1ccc(Cc2c(O[C@@H]3O[C@H](COC(=O)c4ccccc4)[C@@H](F)[C@H](OC(=O)c4ccccc4)C3I)nn(CC3C=CC=CC3)c2C(F)(F)F)cc1. The minimum atomic E-state index is -4.84. The quantitative estimate of drug-likeness (QED) is 0.0614. The average Bonchev–Trinajstić information content (AvgIpc) is 3.51. The molecule has 53 heavy (non-hydrogen) atoms. The van der Waals surface area contributed by atoms with E-state index in [1.54, 1.807) is 89.3 Å². The predicted octanol–water partition coefficient (Wildman–Crippen LogP) is 7.96. The van der Waals surface area contributed by atoms with Gasteiger partial charge in [0.15, 0.2) is 12.3 Å². The molecule has 0 bridgehead atoms. The van der Waals surface area contributed by atoms with Crippen molar-refractivity contribution < 1.29 is 50.8 Å². The van der Waals surface area contributed by atoms with Crippen LogP contribution >= 0.6 is 22.6 Å². The minimum Gasteiger partial charge on any atom is -0.497 e. The van der Waals surface area contributed by atoms with E-state index in [0.29, 0.717) is 17.7 Å². The van der Waals surface area contributed by atoms with Crippen molar-refractivity contribution in [1.82, 2.24) is 9.78 Å². The van der Waals surface area contributed by atoms with Gasteiger partial charge in [0.25, 0.3) is 0 Å². The maximum absolute atomic E-state index is 16.3. The number of esters is 2. The van der Waals surface area contributed by atoms with Crippen LogP contribution in [-0.4, -0.2) is 64.0 Å². The van der Waals surface area contributed by atoms with Gasteiger partial charge in [-0.2, -0.15) is 13.2 Å². The van der Waals surface area contributed by atoms with Crippen LogP contribution in [-0.2, 0) is 33.4 Å². The van der Waals surface area contributed by atoms with Crippen molar-refractivity contribution >= 4 is 34.5 Å². The first-order valence-electron chi connectivity index (χ1n) is 16.7. The number of aromatic nitrogens is 2. The third kappa shape index (κ3) is 9.27. The Morgan fingerprint density at radius 1 is 0.943 bits per heavy atom. The number of rotatable bonds is 12. The molecule has 278 valence electrons. The Labute approximate surface area is 316 Å². The van der Waals surface area contributed by atoms with Gasteiger partial charge >= 0.3 is 18.1 Å². The van der Waals surface area contributed by atoms with Crippen molar-refractivity contribution in [2.45, 2.75) is 54.2 Å². The molecule has 0 amide bonds. The van der Waals surface area contributed by atoms with Gasteiger partial charge in [0.1, 0.15) is 28.1 Å². The number of methoxy groups -OCH3 is 1. The molecule has 6 atom stereocenters. The normalized spacial score (nSPS) is 22.6. The molecule has 0 N–H and O–H groups in total. The fraction of sp³-hybridized carbons (Fsp3) is 0.308. The molecule has 0 spiro atoms.